The van der Waals surface area contributed by atoms with Gasteiger partial charge in [-0.1, -0.05) is 27.5 Å². The van der Waals surface area contributed by atoms with Gasteiger partial charge >= 0.3 is 0 Å². The van der Waals surface area contributed by atoms with E-state index >= 15 is 0 Å². The fourth-order valence-electron chi connectivity index (χ4n) is 1.82. The molecule has 0 unspecified atom stereocenters. The largest absolute Gasteiger partial charge is 0.435 e. The Bertz CT molecular complexity index is 767. The molecule has 3 aromatic rings. The maximum atomic E-state index is 13.2. The molecule has 3 nitrogen and oxygen atoms in total. The van der Waals surface area contributed by atoms with Crippen LogP contribution in [0.2, 0.25) is 5.02 Å². The third kappa shape index (κ3) is 2.31. The van der Waals surface area contributed by atoms with Crippen LogP contribution in [0.5, 0.6) is 0 Å². The third-order valence-corrected chi connectivity index (χ3v) is 3.32. The first-order chi connectivity index (χ1) is 9.02. The maximum absolute atomic E-state index is 13.2. The van der Waals surface area contributed by atoms with Crippen molar-refractivity contribution in [3.63, 3.8) is 0 Å². The fourth-order valence-corrected chi connectivity index (χ4v) is 2.57. The van der Waals surface area contributed by atoms with Gasteiger partial charge in [-0.3, -0.25) is 0 Å². The molecule has 3 rings (SSSR count). The van der Waals surface area contributed by atoms with Gasteiger partial charge in [0.25, 0.3) is 0 Å². The Morgan fingerprint density at radius 2 is 2.00 bits per heavy atom. The molecule has 0 amide bonds. The molecule has 0 aliphatic rings. The Kier molecular flexibility index (Phi) is 2.95. The molecule has 0 aliphatic carbocycles. The summed E-state index contributed by atoms with van der Waals surface area (Å²) in [5, 5.41) is 0.191. The van der Waals surface area contributed by atoms with Crippen LogP contribution < -0.4 is 5.73 Å². The number of anilines is 1. The van der Waals surface area contributed by atoms with Crippen molar-refractivity contribution in [2.45, 2.75) is 0 Å². The summed E-state index contributed by atoms with van der Waals surface area (Å²) in [6.45, 7) is 0. The SMILES string of the molecule is Nc1cc(Br)cc(-c2nc3cc(F)cc(Cl)c3o2)c1. The summed E-state index contributed by atoms with van der Waals surface area (Å²) in [6, 6.07) is 7.76. The zero-order valence-electron chi connectivity index (χ0n) is 9.45. The van der Waals surface area contributed by atoms with E-state index in [2.05, 4.69) is 20.9 Å². The van der Waals surface area contributed by atoms with E-state index in [-0.39, 0.29) is 5.02 Å². The minimum absolute atomic E-state index is 0.191. The second-order valence-electron chi connectivity index (χ2n) is 4.03. The van der Waals surface area contributed by atoms with Gasteiger partial charge in [-0.2, -0.15) is 0 Å². The predicted molar refractivity (Wildman–Crippen MR) is 76.5 cm³/mol. The van der Waals surface area contributed by atoms with Crippen molar-refractivity contribution >= 4 is 44.3 Å². The first-order valence-corrected chi connectivity index (χ1v) is 6.52. The number of nitrogens with two attached hydrogens (primary N) is 1. The highest BCUT2D eigenvalue weighted by Gasteiger charge is 2.13. The molecule has 0 bridgehead atoms. The zero-order chi connectivity index (χ0) is 13.6. The fraction of sp³-hybridized carbons (Fsp3) is 0. The Balaban J connectivity index is 2.23. The van der Waals surface area contributed by atoms with Gasteiger partial charge in [-0.25, -0.2) is 9.37 Å². The average molecular weight is 342 g/mol. The highest BCUT2D eigenvalue weighted by molar-refractivity contribution is 9.10. The summed E-state index contributed by atoms with van der Waals surface area (Å²) >= 11 is 9.26. The summed E-state index contributed by atoms with van der Waals surface area (Å²) < 4.78 is 19.6. The summed E-state index contributed by atoms with van der Waals surface area (Å²) in [4.78, 5) is 4.22. The molecule has 19 heavy (non-hydrogen) atoms. The number of fused-ring (bicyclic) bond motifs is 1. The van der Waals surface area contributed by atoms with Crippen LogP contribution in [-0.2, 0) is 0 Å². The second-order valence-corrected chi connectivity index (χ2v) is 5.35. The molecule has 1 heterocycles. The Morgan fingerprint density at radius 3 is 2.74 bits per heavy atom. The number of oxazole rings is 1. The molecule has 0 spiro atoms. The molecular formula is C13H7BrClFN2O. The minimum Gasteiger partial charge on any atom is -0.435 e. The lowest BCUT2D eigenvalue weighted by Gasteiger charge is -1.99. The number of aromatic nitrogens is 1. The number of benzene rings is 2. The van der Waals surface area contributed by atoms with Gasteiger partial charge in [0.2, 0.25) is 5.89 Å². The van der Waals surface area contributed by atoms with Crippen molar-refractivity contribution < 1.29 is 8.81 Å². The minimum atomic E-state index is -0.453. The van der Waals surface area contributed by atoms with Crippen LogP contribution in [0.3, 0.4) is 0 Å². The molecule has 0 aliphatic heterocycles. The number of hydrogen-bond acceptors (Lipinski definition) is 3. The Labute approximate surface area is 121 Å². The summed E-state index contributed by atoms with van der Waals surface area (Å²) in [7, 11) is 0. The maximum Gasteiger partial charge on any atom is 0.227 e. The lowest BCUT2D eigenvalue weighted by Crippen LogP contribution is -1.86. The van der Waals surface area contributed by atoms with Crippen molar-refractivity contribution in [3.05, 3.63) is 45.6 Å². The Morgan fingerprint density at radius 1 is 1.21 bits per heavy atom. The smallest absolute Gasteiger partial charge is 0.227 e. The quantitative estimate of drug-likeness (QED) is 0.656. The molecule has 2 N–H and O–H groups in total. The lowest BCUT2D eigenvalue weighted by atomic mass is 10.2. The van der Waals surface area contributed by atoms with Crippen molar-refractivity contribution in [1.29, 1.82) is 0 Å². The molecule has 0 saturated carbocycles. The van der Waals surface area contributed by atoms with Gasteiger partial charge in [0, 0.05) is 21.8 Å². The number of nitrogens with zero attached hydrogens (tertiary/aromatic N) is 1. The van der Waals surface area contributed by atoms with Crippen LogP contribution >= 0.6 is 27.5 Å². The highest BCUT2D eigenvalue weighted by Crippen LogP contribution is 2.32. The normalized spacial score (nSPS) is 11.1. The molecule has 6 heteroatoms. The van der Waals surface area contributed by atoms with Crippen LogP contribution in [0.15, 0.2) is 39.2 Å². The number of hydrogen-bond donors (Lipinski definition) is 1. The number of halogens is 3. The second kappa shape index (κ2) is 4.51. The van der Waals surface area contributed by atoms with Crippen molar-refractivity contribution in [2.75, 3.05) is 5.73 Å². The van der Waals surface area contributed by atoms with E-state index in [1.807, 2.05) is 6.07 Å². The van der Waals surface area contributed by atoms with Gasteiger partial charge in [-0.15, -0.1) is 0 Å². The van der Waals surface area contributed by atoms with Crippen molar-refractivity contribution in [1.82, 2.24) is 4.98 Å². The van der Waals surface area contributed by atoms with E-state index in [4.69, 9.17) is 21.8 Å². The van der Waals surface area contributed by atoms with E-state index < -0.39 is 5.82 Å². The predicted octanol–water partition coefficient (Wildman–Crippen LogP) is 4.63. The molecule has 96 valence electrons. The number of rotatable bonds is 1. The molecule has 0 fully saturated rings. The molecule has 0 saturated heterocycles. The average Bonchev–Trinajstić information content (AvgIpc) is 2.71. The molecular weight excluding hydrogens is 335 g/mol. The van der Waals surface area contributed by atoms with Gasteiger partial charge < -0.3 is 10.2 Å². The summed E-state index contributed by atoms with van der Waals surface area (Å²) in [6.07, 6.45) is 0. The van der Waals surface area contributed by atoms with E-state index in [0.717, 1.165) is 4.47 Å². The molecule has 2 aromatic carbocycles. The van der Waals surface area contributed by atoms with Crippen LogP contribution in [0.25, 0.3) is 22.6 Å². The van der Waals surface area contributed by atoms with Gasteiger partial charge in [0.15, 0.2) is 5.58 Å². The third-order valence-electron chi connectivity index (χ3n) is 2.58. The van der Waals surface area contributed by atoms with E-state index in [1.54, 1.807) is 12.1 Å². The van der Waals surface area contributed by atoms with Gasteiger partial charge in [0.1, 0.15) is 11.3 Å². The van der Waals surface area contributed by atoms with Crippen LogP contribution in [0.4, 0.5) is 10.1 Å². The van der Waals surface area contributed by atoms with Crippen LogP contribution in [0.1, 0.15) is 0 Å². The summed E-state index contributed by atoms with van der Waals surface area (Å²) in [5.74, 6) is -0.110. The van der Waals surface area contributed by atoms with Gasteiger partial charge in [0.05, 0.1) is 5.02 Å². The molecule has 0 atom stereocenters. The van der Waals surface area contributed by atoms with E-state index in [9.17, 15) is 4.39 Å². The first-order valence-electron chi connectivity index (χ1n) is 5.35. The highest BCUT2D eigenvalue weighted by atomic mass is 79.9. The molecule has 1 aromatic heterocycles. The van der Waals surface area contributed by atoms with Crippen molar-refractivity contribution in [3.8, 4) is 11.5 Å². The summed E-state index contributed by atoms with van der Waals surface area (Å²) in [5.41, 5.74) is 7.76. The van der Waals surface area contributed by atoms with Crippen LogP contribution in [0, 0.1) is 5.82 Å². The Hall–Kier alpha value is -1.59. The van der Waals surface area contributed by atoms with Gasteiger partial charge in [-0.05, 0) is 24.3 Å². The molecule has 0 radical (unpaired) electrons. The first kappa shape index (κ1) is 12.4. The van der Waals surface area contributed by atoms with Crippen molar-refractivity contribution in [2.24, 2.45) is 0 Å². The zero-order valence-corrected chi connectivity index (χ0v) is 11.8. The van der Waals surface area contributed by atoms with E-state index in [0.29, 0.717) is 28.2 Å². The lowest BCUT2D eigenvalue weighted by molar-refractivity contribution is 0.614. The standard InChI is InChI=1S/C13H7BrClFN2O/c14-7-1-6(2-9(17)3-7)13-18-11-5-8(16)4-10(15)12(11)19-13/h1-5H,17H2. The topological polar surface area (TPSA) is 52.0 Å². The van der Waals surface area contributed by atoms with E-state index in [1.165, 1.54) is 12.1 Å². The van der Waals surface area contributed by atoms with Crippen LogP contribution in [-0.4, -0.2) is 4.98 Å². The monoisotopic (exact) mass is 340 g/mol. The number of nitrogen functional groups attached to an aromatic ring is 1.